The summed E-state index contributed by atoms with van der Waals surface area (Å²) in [6.07, 6.45) is 6.28. The third kappa shape index (κ3) is 4.95. The van der Waals surface area contributed by atoms with Crippen molar-refractivity contribution in [3.8, 4) is 5.75 Å². The molecular weight excluding hydrogens is 326 g/mol. The van der Waals surface area contributed by atoms with Crippen LogP contribution in [0.25, 0.3) is 6.08 Å². The Kier molecular flexibility index (Phi) is 5.62. The van der Waals surface area contributed by atoms with Gasteiger partial charge in [-0.05, 0) is 35.4 Å². The quantitative estimate of drug-likeness (QED) is 0.664. The first-order valence-corrected chi connectivity index (χ1v) is 8.16. The van der Waals surface area contributed by atoms with Gasteiger partial charge in [0.2, 0.25) is 5.91 Å². The maximum atomic E-state index is 12.0. The number of anilines is 2. The van der Waals surface area contributed by atoms with Gasteiger partial charge < -0.3 is 15.8 Å². The van der Waals surface area contributed by atoms with Gasteiger partial charge in [0.1, 0.15) is 12.4 Å². The number of rotatable bonds is 6. The van der Waals surface area contributed by atoms with Gasteiger partial charge in [0.25, 0.3) is 0 Å². The van der Waals surface area contributed by atoms with Gasteiger partial charge in [-0.15, -0.1) is 0 Å². The van der Waals surface area contributed by atoms with Gasteiger partial charge in [0.05, 0.1) is 17.6 Å². The molecular formula is C21H19N3O2. The molecule has 0 radical (unpaired) electrons. The van der Waals surface area contributed by atoms with E-state index in [1.807, 2.05) is 54.6 Å². The molecule has 3 N–H and O–H groups in total. The van der Waals surface area contributed by atoms with Gasteiger partial charge in [-0.3, -0.25) is 9.78 Å². The lowest BCUT2D eigenvalue weighted by Gasteiger charge is -2.06. The number of para-hydroxylation sites is 1. The summed E-state index contributed by atoms with van der Waals surface area (Å²) < 4.78 is 5.71. The molecule has 0 fully saturated rings. The molecule has 0 aliphatic rings. The fourth-order valence-electron chi connectivity index (χ4n) is 2.28. The lowest BCUT2D eigenvalue weighted by Crippen LogP contribution is -2.09. The molecule has 26 heavy (non-hydrogen) atoms. The van der Waals surface area contributed by atoms with Crippen LogP contribution in [0.4, 0.5) is 11.4 Å². The van der Waals surface area contributed by atoms with E-state index in [0.717, 1.165) is 16.9 Å². The van der Waals surface area contributed by atoms with Crippen molar-refractivity contribution < 1.29 is 9.53 Å². The summed E-state index contributed by atoms with van der Waals surface area (Å²) in [4.78, 5) is 15.9. The molecule has 0 bridgehead atoms. The first kappa shape index (κ1) is 17.2. The van der Waals surface area contributed by atoms with E-state index >= 15 is 0 Å². The second-order valence-electron chi connectivity index (χ2n) is 5.63. The largest absolute Gasteiger partial charge is 0.489 e. The second kappa shape index (κ2) is 8.48. The van der Waals surface area contributed by atoms with Gasteiger partial charge in [0, 0.05) is 12.3 Å². The summed E-state index contributed by atoms with van der Waals surface area (Å²) in [5, 5.41) is 2.72. The first-order valence-electron chi connectivity index (χ1n) is 8.16. The zero-order valence-corrected chi connectivity index (χ0v) is 14.1. The number of nitrogen functional groups attached to an aromatic ring is 1. The summed E-state index contributed by atoms with van der Waals surface area (Å²) in [6.45, 7) is 0.496. The Labute approximate surface area is 152 Å². The van der Waals surface area contributed by atoms with Crippen molar-refractivity contribution in [2.24, 2.45) is 0 Å². The molecule has 0 atom stereocenters. The maximum absolute atomic E-state index is 12.0. The Bertz CT molecular complexity index is 891. The fraction of sp³-hybridized carbons (Fsp3) is 0.0476. The summed E-state index contributed by atoms with van der Waals surface area (Å²) in [6, 6.07) is 19.2. The van der Waals surface area contributed by atoms with Crippen LogP contribution in [0.3, 0.4) is 0 Å². The Balaban J connectivity index is 1.54. The highest BCUT2D eigenvalue weighted by Crippen LogP contribution is 2.15. The first-order chi connectivity index (χ1) is 12.7. The van der Waals surface area contributed by atoms with E-state index in [2.05, 4.69) is 10.3 Å². The number of nitrogens with zero attached hydrogens (tertiary/aromatic N) is 1. The molecule has 1 aromatic heterocycles. The number of hydrogen-bond donors (Lipinski definition) is 2. The number of pyridine rings is 1. The molecule has 5 nitrogen and oxygen atoms in total. The number of hydrogen-bond acceptors (Lipinski definition) is 4. The smallest absolute Gasteiger partial charge is 0.248 e. The summed E-state index contributed by atoms with van der Waals surface area (Å²) in [5.74, 6) is 0.586. The molecule has 2 aromatic carbocycles. The number of carbonyl (C=O) groups is 1. The molecule has 3 aromatic rings. The Morgan fingerprint density at radius 1 is 1.08 bits per heavy atom. The minimum Gasteiger partial charge on any atom is -0.489 e. The van der Waals surface area contributed by atoms with E-state index in [1.165, 1.54) is 12.3 Å². The van der Waals surface area contributed by atoms with E-state index in [-0.39, 0.29) is 5.91 Å². The lowest BCUT2D eigenvalue weighted by atomic mass is 10.1. The molecule has 0 spiro atoms. The van der Waals surface area contributed by atoms with E-state index in [0.29, 0.717) is 18.0 Å². The van der Waals surface area contributed by atoms with Crippen LogP contribution in [0.15, 0.2) is 79.1 Å². The van der Waals surface area contributed by atoms with Gasteiger partial charge in [0.15, 0.2) is 0 Å². The number of amides is 1. The van der Waals surface area contributed by atoms with Crippen molar-refractivity contribution in [1.29, 1.82) is 0 Å². The number of ether oxygens (including phenoxy) is 1. The maximum Gasteiger partial charge on any atom is 0.248 e. The number of carbonyl (C=O) groups excluding carboxylic acids is 1. The van der Waals surface area contributed by atoms with Gasteiger partial charge >= 0.3 is 0 Å². The highest BCUT2D eigenvalue weighted by molar-refractivity contribution is 6.03. The number of benzene rings is 2. The van der Waals surface area contributed by atoms with Crippen molar-refractivity contribution in [2.45, 2.75) is 6.61 Å². The number of nitrogens with two attached hydrogens (primary N) is 1. The average Bonchev–Trinajstić information content (AvgIpc) is 2.68. The minimum absolute atomic E-state index is 0.251. The van der Waals surface area contributed by atoms with Crippen LogP contribution >= 0.6 is 0 Å². The summed E-state index contributed by atoms with van der Waals surface area (Å²) in [7, 11) is 0. The predicted octanol–water partition coefficient (Wildman–Crippen LogP) is 3.89. The van der Waals surface area contributed by atoms with Crippen LogP contribution in [0.2, 0.25) is 0 Å². The van der Waals surface area contributed by atoms with Crippen LogP contribution in [-0.2, 0) is 11.4 Å². The Morgan fingerprint density at radius 2 is 1.85 bits per heavy atom. The van der Waals surface area contributed by atoms with Crippen molar-refractivity contribution >= 4 is 23.4 Å². The molecule has 3 rings (SSSR count). The fourth-order valence-corrected chi connectivity index (χ4v) is 2.28. The van der Waals surface area contributed by atoms with Crippen molar-refractivity contribution in [3.05, 3.63) is 90.3 Å². The normalized spacial score (nSPS) is 10.6. The van der Waals surface area contributed by atoms with Gasteiger partial charge in [-0.1, -0.05) is 42.5 Å². The average molecular weight is 345 g/mol. The molecule has 0 saturated heterocycles. The van der Waals surface area contributed by atoms with E-state index < -0.39 is 0 Å². The molecule has 0 aliphatic carbocycles. The van der Waals surface area contributed by atoms with Gasteiger partial charge in [-0.2, -0.15) is 0 Å². The highest BCUT2D eigenvalue weighted by atomic mass is 16.5. The van der Waals surface area contributed by atoms with Crippen LogP contribution in [0.1, 0.15) is 11.1 Å². The van der Waals surface area contributed by atoms with Crippen LogP contribution in [0.5, 0.6) is 5.75 Å². The SMILES string of the molecule is Nc1cnccc1NC(=O)/C=C/c1ccc(COc2ccccc2)cc1. The van der Waals surface area contributed by atoms with Gasteiger partial charge in [-0.25, -0.2) is 0 Å². The summed E-state index contributed by atoms with van der Waals surface area (Å²) >= 11 is 0. The predicted molar refractivity (Wildman–Crippen MR) is 104 cm³/mol. The van der Waals surface area contributed by atoms with E-state index in [9.17, 15) is 4.79 Å². The lowest BCUT2D eigenvalue weighted by molar-refractivity contribution is -0.111. The highest BCUT2D eigenvalue weighted by Gasteiger charge is 2.01. The minimum atomic E-state index is -0.251. The van der Waals surface area contributed by atoms with Crippen LogP contribution in [0, 0.1) is 0 Å². The Morgan fingerprint density at radius 3 is 2.58 bits per heavy atom. The van der Waals surface area contributed by atoms with Crippen LogP contribution in [-0.4, -0.2) is 10.9 Å². The monoisotopic (exact) mass is 345 g/mol. The molecule has 5 heteroatoms. The molecule has 0 unspecified atom stereocenters. The third-order valence-electron chi connectivity index (χ3n) is 3.67. The molecule has 0 aliphatic heterocycles. The van der Waals surface area contributed by atoms with Crippen molar-refractivity contribution in [3.63, 3.8) is 0 Å². The van der Waals surface area contributed by atoms with Crippen molar-refractivity contribution in [1.82, 2.24) is 4.98 Å². The number of aromatic nitrogens is 1. The molecule has 0 saturated carbocycles. The summed E-state index contributed by atoms with van der Waals surface area (Å²) in [5.41, 5.74) is 8.70. The second-order valence-corrected chi connectivity index (χ2v) is 5.63. The number of nitrogens with one attached hydrogen (secondary N) is 1. The zero-order chi connectivity index (χ0) is 18.2. The van der Waals surface area contributed by atoms with Crippen LogP contribution < -0.4 is 15.8 Å². The molecule has 1 amide bonds. The van der Waals surface area contributed by atoms with E-state index in [1.54, 1.807) is 18.3 Å². The standard InChI is InChI=1S/C21H19N3O2/c22-19-14-23-13-12-20(19)24-21(25)11-10-16-6-8-17(9-7-16)15-26-18-4-2-1-3-5-18/h1-14H,15,22H2,(H,23,24,25)/b11-10+. The topological polar surface area (TPSA) is 77.2 Å². The van der Waals surface area contributed by atoms with E-state index in [4.69, 9.17) is 10.5 Å². The molecule has 130 valence electrons. The molecule has 1 heterocycles. The van der Waals surface area contributed by atoms with Crippen molar-refractivity contribution in [2.75, 3.05) is 11.1 Å². The third-order valence-corrected chi connectivity index (χ3v) is 3.67. The zero-order valence-electron chi connectivity index (χ0n) is 14.1. The Hall–Kier alpha value is -3.60.